The lowest BCUT2D eigenvalue weighted by Crippen LogP contribution is -2.26. The van der Waals surface area contributed by atoms with Crippen LogP contribution < -0.4 is 10.5 Å². The first kappa shape index (κ1) is 17.7. The van der Waals surface area contributed by atoms with Crippen LogP contribution in [0.5, 0.6) is 0 Å². The highest BCUT2D eigenvalue weighted by atomic mass is 79.9. The quantitative estimate of drug-likeness (QED) is 0.545. The number of halogens is 5. The number of rotatable bonds is 5. The zero-order valence-electron chi connectivity index (χ0n) is 9.97. The highest BCUT2D eigenvalue weighted by molar-refractivity contribution is 9.11. The molecule has 0 bridgehead atoms. The Morgan fingerprint density at radius 1 is 1.20 bits per heavy atom. The Kier molecular flexibility index (Phi) is 5.88. The second-order valence-electron chi connectivity index (χ2n) is 3.93. The second-order valence-corrected chi connectivity index (χ2v) is 7.34. The molecule has 0 unspecified atom stereocenters. The van der Waals surface area contributed by atoms with Crippen molar-refractivity contribution in [3.8, 4) is 0 Å². The maximum atomic E-state index is 12.0. The van der Waals surface area contributed by atoms with E-state index in [9.17, 15) is 21.6 Å². The molecule has 4 nitrogen and oxygen atoms in total. The van der Waals surface area contributed by atoms with Crippen LogP contribution in [0.3, 0.4) is 0 Å². The van der Waals surface area contributed by atoms with Gasteiger partial charge in [0.15, 0.2) is 0 Å². The van der Waals surface area contributed by atoms with Crippen molar-refractivity contribution in [2.24, 2.45) is 0 Å². The van der Waals surface area contributed by atoms with E-state index in [4.69, 9.17) is 5.73 Å². The van der Waals surface area contributed by atoms with Crippen molar-refractivity contribution in [2.45, 2.75) is 23.9 Å². The lowest BCUT2D eigenvalue weighted by atomic mass is 10.3. The van der Waals surface area contributed by atoms with E-state index in [-0.39, 0.29) is 26.8 Å². The molecule has 0 aliphatic rings. The monoisotopic (exact) mass is 438 g/mol. The van der Waals surface area contributed by atoms with Crippen LogP contribution in [-0.2, 0) is 10.0 Å². The molecule has 3 N–H and O–H groups in total. The molecule has 0 fully saturated rings. The molecular formula is C10H11Br2F3N2O2S. The standard InChI is InChI=1S/C10H11Br2F3N2O2S/c11-7-4-6(16)5-8(12)9(7)20(18,19)17-3-1-2-10(13,14)15/h4-5,17H,1-3,16H2. The van der Waals surface area contributed by atoms with E-state index < -0.39 is 22.6 Å². The molecule has 0 aliphatic heterocycles. The molecule has 20 heavy (non-hydrogen) atoms. The maximum Gasteiger partial charge on any atom is 0.389 e. The highest BCUT2D eigenvalue weighted by Gasteiger charge is 2.27. The van der Waals surface area contributed by atoms with E-state index in [1.165, 1.54) is 12.1 Å². The van der Waals surface area contributed by atoms with Gasteiger partial charge in [-0.15, -0.1) is 0 Å². The minimum absolute atomic E-state index is 0.0984. The summed E-state index contributed by atoms with van der Waals surface area (Å²) >= 11 is 6.13. The van der Waals surface area contributed by atoms with Crippen molar-refractivity contribution in [1.29, 1.82) is 0 Å². The van der Waals surface area contributed by atoms with Gasteiger partial charge >= 0.3 is 6.18 Å². The van der Waals surface area contributed by atoms with Crippen LogP contribution in [0.2, 0.25) is 0 Å². The number of nitrogens with two attached hydrogens (primary N) is 1. The highest BCUT2D eigenvalue weighted by Crippen LogP contribution is 2.32. The van der Waals surface area contributed by atoms with Crippen molar-refractivity contribution in [3.05, 3.63) is 21.1 Å². The number of anilines is 1. The molecule has 0 radical (unpaired) electrons. The zero-order valence-corrected chi connectivity index (χ0v) is 14.0. The van der Waals surface area contributed by atoms with Crippen LogP contribution in [0.4, 0.5) is 18.9 Å². The summed E-state index contributed by atoms with van der Waals surface area (Å²) in [5, 5.41) is 0. The second kappa shape index (κ2) is 6.63. The Morgan fingerprint density at radius 2 is 1.70 bits per heavy atom. The predicted octanol–water partition coefficient (Wildman–Crippen LogP) is 3.41. The van der Waals surface area contributed by atoms with Crippen LogP contribution in [-0.4, -0.2) is 21.1 Å². The van der Waals surface area contributed by atoms with Crippen molar-refractivity contribution < 1.29 is 21.6 Å². The third kappa shape index (κ3) is 5.23. The third-order valence-corrected chi connectivity index (χ3v) is 5.56. The molecule has 10 heteroatoms. The van der Waals surface area contributed by atoms with Gasteiger partial charge < -0.3 is 5.73 Å². The van der Waals surface area contributed by atoms with E-state index >= 15 is 0 Å². The van der Waals surface area contributed by atoms with Crippen molar-refractivity contribution in [1.82, 2.24) is 4.72 Å². The van der Waals surface area contributed by atoms with Crippen LogP contribution >= 0.6 is 31.9 Å². The number of nitrogens with one attached hydrogen (secondary N) is 1. The van der Waals surface area contributed by atoms with Crippen molar-refractivity contribution in [3.63, 3.8) is 0 Å². The molecule has 1 aromatic carbocycles. The van der Waals surface area contributed by atoms with Gasteiger partial charge in [-0.25, -0.2) is 13.1 Å². The molecule has 0 saturated carbocycles. The first-order valence-corrected chi connectivity index (χ1v) is 8.41. The van der Waals surface area contributed by atoms with Crippen LogP contribution in [0.25, 0.3) is 0 Å². The zero-order chi connectivity index (χ0) is 15.6. The van der Waals surface area contributed by atoms with E-state index in [1.54, 1.807) is 0 Å². The fourth-order valence-corrected chi connectivity index (χ4v) is 5.09. The predicted molar refractivity (Wildman–Crippen MR) is 76.7 cm³/mol. The minimum Gasteiger partial charge on any atom is -0.399 e. The average Bonchev–Trinajstić information content (AvgIpc) is 2.21. The summed E-state index contributed by atoms with van der Waals surface area (Å²) in [7, 11) is -3.92. The Morgan fingerprint density at radius 3 is 2.15 bits per heavy atom. The summed E-state index contributed by atoms with van der Waals surface area (Å²) < 4.78 is 62.5. The largest absolute Gasteiger partial charge is 0.399 e. The van der Waals surface area contributed by atoms with Gasteiger partial charge in [-0.05, 0) is 50.4 Å². The molecule has 0 spiro atoms. The number of hydrogen-bond donors (Lipinski definition) is 2. The fourth-order valence-electron chi connectivity index (χ4n) is 1.40. The normalized spacial score (nSPS) is 12.7. The lowest BCUT2D eigenvalue weighted by molar-refractivity contribution is -0.135. The minimum atomic E-state index is -4.30. The van der Waals surface area contributed by atoms with Gasteiger partial charge in [-0.1, -0.05) is 0 Å². The van der Waals surface area contributed by atoms with E-state index in [0.717, 1.165) is 0 Å². The maximum absolute atomic E-state index is 12.0. The Bertz CT molecular complexity index is 568. The summed E-state index contributed by atoms with van der Waals surface area (Å²) in [6.45, 7) is -0.300. The Hall–Kier alpha value is -0.320. The summed E-state index contributed by atoms with van der Waals surface area (Å²) in [5.74, 6) is 0. The molecule has 0 aromatic heterocycles. The van der Waals surface area contributed by atoms with Crippen LogP contribution in [0.1, 0.15) is 12.8 Å². The van der Waals surface area contributed by atoms with Gasteiger partial charge in [-0.3, -0.25) is 0 Å². The van der Waals surface area contributed by atoms with Crippen molar-refractivity contribution >= 4 is 47.6 Å². The lowest BCUT2D eigenvalue weighted by Gasteiger charge is -2.11. The van der Waals surface area contributed by atoms with Crippen LogP contribution in [0, 0.1) is 0 Å². The molecular weight excluding hydrogens is 429 g/mol. The molecule has 0 heterocycles. The van der Waals surface area contributed by atoms with E-state index in [1.807, 2.05) is 0 Å². The number of hydrogen-bond acceptors (Lipinski definition) is 3. The molecule has 0 amide bonds. The topological polar surface area (TPSA) is 72.2 Å². The molecule has 1 rings (SSSR count). The van der Waals surface area contributed by atoms with Gasteiger partial charge in [0.2, 0.25) is 10.0 Å². The molecule has 1 aromatic rings. The Balaban J connectivity index is 2.80. The van der Waals surface area contributed by atoms with Gasteiger partial charge in [-0.2, -0.15) is 13.2 Å². The summed E-state index contributed by atoms with van der Waals surface area (Å²) in [6, 6.07) is 2.80. The van der Waals surface area contributed by atoms with Gasteiger partial charge in [0.05, 0.1) is 0 Å². The molecule has 114 valence electrons. The SMILES string of the molecule is Nc1cc(Br)c(S(=O)(=O)NCCCC(F)(F)F)c(Br)c1. The first-order valence-electron chi connectivity index (χ1n) is 5.34. The Labute approximate surface area is 131 Å². The van der Waals surface area contributed by atoms with Crippen molar-refractivity contribution in [2.75, 3.05) is 12.3 Å². The number of alkyl halides is 3. The number of benzene rings is 1. The summed E-state index contributed by atoms with van der Waals surface area (Å²) in [6.07, 6.45) is -5.67. The average molecular weight is 440 g/mol. The van der Waals surface area contributed by atoms with E-state index in [2.05, 4.69) is 36.6 Å². The van der Waals surface area contributed by atoms with Crippen LogP contribution in [0.15, 0.2) is 26.0 Å². The van der Waals surface area contributed by atoms with Gasteiger partial charge in [0, 0.05) is 27.6 Å². The molecule has 0 saturated heterocycles. The van der Waals surface area contributed by atoms with E-state index in [0.29, 0.717) is 5.69 Å². The summed E-state index contributed by atoms with van der Waals surface area (Å²) in [5.41, 5.74) is 5.89. The fraction of sp³-hybridized carbons (Fsp3) is 0.400. The molecule has 0 atom stereocenters. The number of nitrogen functional groups attached to an aromatic ring is 1. The number of sulfonamides is 1. The third-order valence-electron chi connectivity index (χ3n) is 2.22. The first-order chi connectivity index (χ1) is 9.03. The summed E-state index contributed by atoms with van der Waals surface area (Å²) in [4.78, 5) is -0.0984. The van der Waals surface area contributed by atoms with Gasteiger partial charge in [0.25, 0.3) is 0 Å². The molecule has 0 aliphatic carbocycles. The smallest absolute Gasteiger partial charge is 0.389 e. The van der Waals surface area contributed by atoms with Gasteiger partial charge in [0.1, 0.15) is 4.90 Å².